The van der Waals surface area contributed by atoms with Crippen LogP contribution in [0.2, 0.25) is 0 Å². The Morgan fingerprint density at radius 2 is 1.00 bits per heavy atom. The topological polar surface area (TPSA) is 52.6 Å². The van der Waals surface area contributed by atoms with Crippen LogP contribution in [0, 0.1) is 0 Å². The van der Waals surface area contributed by atoms with E-state index >= 15 is 0 Å². The van der Waals surface area contributed by atoms with Crippen LogP contribution in [0.15, 0.2) is 68.3 Å². The average Bonchev–Trinajstić information content (AvgIpc) is 2.93. The van der Waals surface area contributed by atoms with Gasteiger partial charge in [0.25, 0.3) is 0 Å². The number of hydrogen-bond acceptors (Lipinski definition) is 4. The smallest absolute Gasteiger partial charge is 0.207 e. The number of allylic oxidation sites excluding steroid dienone is 2. The third-order valence-electron chi connectivity index (χ3n) is 7.02. The van der Waals surface area contributed by atoms with Gasteiger partial charge in [0.15, 0.2) is 0 Å². The van der Waals surface area contributed by atoms with Crippen molar-refractivity contribution in [2.75, 3.05) is 14.2 Å². The zero-order valence-corrected chi connectivity index (χ0v) is 27.6. The lowest BCUT2D eigenvalue weighted by Gasteiger charge is -2.19. The van der Waals surface area contributed by atoms with Crippen LogP contribution in [0.1, 0.15) is 88.2 Å². The van der Waals surface area contributed by atoms with Crippen molar-refractivity contribution in [2.45, 2.75) is 99.7 Å². The first-order chi connectivity index (χ1) is 18.8. The fraction of sp³-hybridized carbons (Fsp3) is 0.500. The molecule has 39 heavy (non-hydrogen) atoms. The first kappa shape index (κ1) is 33.6. The van der Waals surface area contributed by atoms with E-state index in [2.05, 4.69) is 45.0 Å². The predicted molar refractivity (Wildman–Crippen MR) is 170 cm³/mol. The van der Waals surface area contributed by atoms with E-state index in [1.165, 1.54) is 0 Å². The van der Waals surface area contributed by atoms with E-state index in [0.717, 1.165) is 88.2 Å². The number of benzene rings is 2. The third kappa shape index (κ3) is 9.79. The molecule has 2 aromatic carbocycles. The third-order valence-corrected chi connectivity index (χ3v) is 10.7. The fourth-order valence-corrected chi connectivity index (χ4v) is 8.27. The summed E-state index contributed by atoms with van der Waals surface area (Å²) in [6.07, 6.45) is 18.1. The highest BCUT2D eigenvalue weighted by molar-refractivity contribution is 9.11. The summed E-state index contributed by atoms with van der Waals surface area (Å²) in [5.41, 5.74) is 1.56. The maximum Gasteiger partial charge on any atom is 0.207 e. The Labute approximate surface area is 253 Å². The van der Waals surface area contributed by atoms with Gasteiger partial charge >= 0.3 is 0 Å². The van der Waals surface area contributed by atoms with Crippen LogP contribution in [0.4, 0.5) is 0 Å². The summed E-state index contributed by atoms with van der Waals surface area (Å²) in [6.45, 7) is 7.57. The van der Waals surface area contributed by atoms with Gasteiger partial charge in [-0.05, 0) is 119 Å². The SMILES string of the molecule is C=CCCCCCCCc1c(S(=O)(=O)c2ccc(OC)c(Br)c2CCCCCCCC=C)ccc(OC)c1Br. The van der Waals surface area contributed by atoms with Gasteiger partial charge in [0.1, 0.15) is 11.5 Å². The summed E-state index contributed by atoms with van der Waals surface area (Å²) in [5, 5.41) is 0. The lowest BCUT2D eigenvalue weighted by atomic mass is 10.0. The number of sulfone groups is 1. The molecule has 2 rings (SSSR count). The van der Waals surface area contributed by atoms with Gasteiger partial charge in [0.05, 0.1) is 33.0 Å². The second kappa shape index (κ2) is 18.0. The number of rotatable bonds is 20. The normalized spacial score (nSPS) is 11.4. The second-order valence-corrected chi connectivity index (χ2v) is 13.3. The molecule has 0 saturated carbocycles. The highest BCUT2D eigenvalue weighted by Crippen LogP contribution is 2.40. The number of ether oxygens (including phenoxy) is 2. The number of methoxy groups -OCH3 is 2. The van der Waals surface area contributed by atoms with Crippen molar-refractivity contribution in [3.8, 4) is 11.5 Å². The van der Waals surface area contributed by atoms with E-state index in [4.69, 9.17) is 9.47 Å². The molecule has 2 aromatic rings. The molecule has 0 radical (unpaired) electrons. The Morgan fingerprint density at radius 3 is 1.36 bits per heavy atom. The highest BCUT2D eigenvalue weighted by Gasteiger charge is 2.28. The van der Waals surface area contributed by atoms with Crippen LogP contribution in [0.25, 0.3) is 0 Å². The van der Waals surface area contributed by atoms with Crippen LogP contribution in [0.3, 0.4) is 0 Å². The molecule has 7 heteroatoms. The van der Waals surface area contributed by atoms with Gasteiger partial charge in [-0.3, -0.25) is 0 Å². The minimum absolute atomic E-state index is 0.338. The van der Waals surface area contributed by atoms with Gasteiger partial charge in [0.2, 0.25) is 9.84 Å². The van der Waals surface area contributed by atoms with E-state index < -0.39 is 9.84 Å². The fourth-order valence-electron chi connectivity index (χ4n) is 4.81. The van der Waals surface area contributed by atoms with Crippen molar-refractivity contribution in [3.63, 3.8) is 0 Å². The molecule has 216 valence electrons. The monoisotopic (exact) mass is 682 g/mol. The van der Waals surface area contributed by atoms with Gasteiger partial charge in [-0.2, -0.15) is 0 Å². The van der Waals surface area contributed by atoms with E-state index in [9.17, 15) is 8.42 Å². The molecule has 0 heterocycles. The molecule has 0 atom stereocenters. The van der Waals surface area contributed by atoms with Gasteiger partial charge in [-0.1, -0.05) is 50.7 Å². The van der Waals surface area contributed by atoms with E-state index in [-0.39, 0.29) is 0 Å². The van der Waals surface area contributed by atoms with E-state index in [1.54, 1.807) is 38.5 Å². The number of halogens is 2. The Bertz CT molecular complexity index is 1090. The number of unbranched alkanes of at least 4 members (excludes halogenated alkanes) is 10. The molecule has 0 spiro atoms. The average molecular weight is 685 g/mol. The molecule has 0 unspecified atom stereocenters. The Morgan fingerprint density at radius 1 is 0.641 bits per heavy atom. The minimum atomic E-state index is -3.80. The maximum absolute atomic E-state index is 14.3. The maximum atomic E-state index is 14.3. The molecule has 0 fully saturated rings. The molecule has 0 aliphatic carbocycles. The van der Waals surface area contributed by atoms with Crippen LogP contribution in [-0.2, 0) is 22.7 Å². The van der Waals surface area contributed by atoms with Crippen molar-refractivity contribution >= 4 is 41.7 Å². The molecule has 0 aliphatic heterocycles. The summed E-state index contributed by atoms with van der Waals surface area (Å²) in [4.78, 5) is 0.675. The standard InChI is InChI=1S/C32H44Br2O4S/c1-5-7-9-11-13-15-17-19-25-29(23-21-27(37-3)31(25)33)39(35,36)30-24-22-28(38-4)32(34)26(30)20-18-16-14-12-10-8-6-2/h5-6,21-24H,1-2,7-20H2,3-4H3. The van der Waals surface area contributed by atoms with Crippen molar-refractivity contribution in [3.05, 3.63) is 69.6 Å². The summed E-state index contributed by atoms with van der Waals surface area (Å²) in [7, 11) is -0.588. The Hall–Kier alpha value is -1.57. The van der Waals surface area contributed by atoms with Crippen LogP contribution < -0.4 is 9.47 Å². The van der Waals surface area contributed by atoms with E-state index in [1.807, 2.05) is 12.2 Å². The van der Waals surface area contributed by atoms with Crippen LogP contribution in [-0.4, -0.2) is 22.6 Å². The predicted octanol–water partition coefficient (Wildman–Crippen LogP) is 10.2. The molecule has 0 amide bonds. The van der Waals surface area contributed by atoms with Crippen LogP contribution in [0.5, 0.6) is 11.5 Å². The van der Waals surface area contributed by atoms with Gasteiger partial charge in [0, 0.05) is 0 Å². The Kier molecular flexibility index (Phi) is 15.5. The van der Waals surface area contributed by atoms with E-state index in [0.29, 0.717) is 43.1 Å². The highest BCUT2D eigenvalue weighted by atomic mass is 79.9. The molecule has 0 bridgehead atoms. The quantitative estimate of drug-likeness (QED) is 0.103. The first-order valence-corrected chi connectivity index (χ1v) is 17.1. The molecule has 0 aliphatic rings. The first-order valence-electron chi connectivity index (χ1n) is 14.0. The Balaban J connectivity index is 2.35. The zero-order chi connectivity index (χ0) is 28.7. The van der Waals surface area contributed by atoms with Gasteiger partial charge < -0.3 is 9.47 Å². The molecule has 0 saturated heterocycles. The minimum Gasteiger partial charge on any atom is -0.496 e. The van der Waals surface area contributed by atoms with Gasteiger partial charge in [-0.15, -0.1) is 13.2 Å². The molecular formula is C32H44Br2O4S. The van der Waals surface area contributed by atoms with Crippen molar-refractivity contribution < 1.29 is 17.9 Å². The van der Waals surface area contributed by atoms with Crippen molar-refractivity contribution in [2.24, 2.45) is 0 Å². The molecule has 0 N–H and O–H groups in total. The number of hydrogen-bond donors (Lipinski definition) is 0. The summed E-state index contributed by atoms with van der Waals surface area (Å²) in [5.74, 6) is 1.28. The van der Waals surface area contributed by atoms with Crippen molar-refractivity contribution in [1.29, 1.82) is 0 Å². The molecule has 4 nitrogen and oxygen atoms in total. The molecular weight excluding hydrogens is 640 g/mol. The lowest BCUT2D eigenvalue weighted by Crippen LogP contribution is -2.11. The zero-order valence-electron chi connectivity index (χ0n) is 23.6. The largest absolute Gasteiger partial charge is 0.496 e. The van der Waals surface area contributed by atoms with Crippen LogP contribution >= 0.6 is 31.9 Å². The lowest BCUT2D eigenvalue weighted by molar-refractivity contribution is 0.410. The second-order valence-electron chi connectivity index (χ2n) is 9.81. The summed E-state index contributed by atoms with van der Waals surface area (Å²) < 4.78 is 41.0. The summed E-state index contributed by atoms with van der Waals surface area (Å²) >= 11 is 7.32. The van der Waals surface area contributed by atoms with Gasteiger partial charge in [-0.25, -0.2) is 8.42 Å². The summed E-state index contributed by atoms with van der Waals surface area (Å²) in [6, 6.07) is 6.86. The molecule has 0 aromatic heterocycles. The van der Waals surface area contributed by atoms with Crippen molar-refractivity contribution in [1.82, 2.24) is 0 Å².